The SMILES string of the molecule is CCC(Nc1ccc(Cl)c(C(F)(F)F)c1)C(N)=O. The third-order valence-corrected chi connectivity index (χ3v) is 2.69. The summed E-state index contributed by atoms with van der Waals surface area (Å²) in [7, 11) is 0. The Morgan fingerprint density at radius 1 is 1.50 bits per heavy atom. The van der Waals surface area contributed by atoms with Crippen LogP contribution in [0.15, 0.2) is 18.2 Å². The number of carbonyl (C=O) groups is 1. The number of primary amides is 1. The minimum atomic E-state index is -4.54. The Kier molecular flexibility index (Phi) is 4.45. The predicted molar refractivity (Wildman–Crippen MR) is 63.4 cm³/mol. The van der Waals surface area contributed by atoms with E-state index in [4.69, 9.17) is 17.3 Å². The normalized spacial score (nSPS) is 13.2. The third-order valence-electron chi connectivity index (χ3n) is 2.36. The fraction of sp³-hybridized carbons (Fsp3) is 0.364. The summed E-state index contributed by atoms with van der Waals surface area (Å²) in [6.07, 6.45) is -4.16. The van der Waals surface area contributed by atoms with Crippen LogP contribution >= 0.6 is 11.6 Å². The molecule has 1 aromatic carbocycles. The molecule has 0 saturated carbocycles. The maximum Gasteiger partial charge on any atom is 0.417 e. The Hall–Kier alpha value is -1.43. The number of carbonyl (C=O) groups excluding carboxylic acids is 1. The summed E-state index contributed by atoms with van der Waals surface area (Å²) in [5.74, 6) is -0.624. The van der Waals surface area contributed by atoms with Gasteiger partial charge in [0.2, 0.25) is 5.91 Å². The summed E-state index contributed by atoms with van der Waals surface area (Å²) in [5, 5.41) is 2.25. The van der Waals surface area contributed by atoms with Crippen LogP contribution in [-0.4, -0.2) is 11.9 Å². The van der Waals surface area contributed by atoms with Crippen LogP contribution in [0.25, 0.3) is 0 Å². The van der Waals surface area contributed by atoms with Gasteiger partial charge in [0.1, 0.15) is 6.04 Å². The average Bonchev–Trinajstić information content (AvgIpc) is 2.25. The Morgan fingerprint density at radius 2 is 2.11 bits per heavy atom. The van der Waals surface area contributed by atoms with Crippen molar-refractivity contribution in [3.05, 3.63) is 28.8 Å². The predicted octanol–water partition coefficient (Wildman–Crippen LogP) is 3.03. The minimum Gasteiger partial charge on any atom is -0.374 e. The van der Waals surface area contributed by atoms with E-state index in [1.807, 2.05) is 0 Å². The highest BCUT2D eigenvalue weighted by molar-refractivity contribution is 6.31. The first-order chi connectivity index (χ1) is 8.25. The van der Waals surface area contributed by atoms with Crippen LogP contribution in [-0.2, 0) is 11.0 Å². The molecule has 3 N–H and O–H groups in total. The second-order valence-corrected chi connectivity index (χ2v) is 4.11. The molecule has 0 aromatic heterocycles. The first-order valence-corrected chi connectivity index (χ1v) is 5.56. The van der Waals surface area contributed by atoms with Gasteiger partial charge in [-0.05, 0) is 24.6 Å². The number of halogens is 4. The van der Waals surface area contributed by atoms with E-state index in [2.05, 4.69) is 5.32 Å². The Balaban J connectivity index is 3.02. The first kappa shape index (κ1) is 14.6. The van der Waals surface area contributed by atoms with Crippen molar-refractivity contribution in [2.24, 2.45) is 5.73 Å². The van der Waals surface area contributed by atoms with E-state index in [1.165, 1.54) is 6.07 Å². The van der Waals surface area contributed by atoms with E-state index in [-0.39, 0.29) is 10.7 Å². The smallest absolute Gasteiger partial charge is 0.374 e. The quantitative estimate of drug-likeness (QED) is 0.891. The van der Waals surface area contributed by atoms with Gasteiger partial charge < -0.3 is 11.1 Å². The molecule has 1 aromatic rings. The fourth-order valence-corrected chi connectivity index (χ4v) is 1.63. The fourth-order valence-electron chi connectivity index (χ4n) is 1.41. The molecule has 0 aliphatic heterocycles. The lowest BCUT2D eigenvalue weighted by Crippen LogP contribution is -2.34. The van der Waals surface area contributed by atoms with Gasteiger partial charge in [-0.25, -0.2) is 0 Å². The summed E-state index contributed by atoms with van der Waals surface area (Å²) in [6, 6.07) is 2.63. The van der Waals surface area contributed by atoms with Crippen molar-refractivity contribution in [3.8, 4) is 0 Å². The zero-order valence-electron chi connectivity index (χ0n) is 9.51. The minimum absolute atomic E-state index is 0.150. The van der Waals surface area contributed by atoms with Crippen LogP contribution in [0.1, 0.15) is 18.9 Å². The van der Waals surface area contributed by atoms with Crippen LogP contribution in [0, 0.1) is 0 Å². The van der Waals surface area contributed by atoms with Gasteiger partial charge in [-0.15, -0.1) is 0 Å². The molecule has 0 aliphatic rings. The number of amides is 1. The second-order valence-electron chi connectivity index (χ2n) is 3.70. The zero-order valence-corrected chi connectivity index (χ0v) is 10.3. The molecule has 0 spiro atoms. The largest absolute Gasteiger partial charge is 0.417 e. The Labute approximate surface area is 107 Å². The highest BCUT2D eigenvalue weighted by Crippen LogP contribution is 2.36. The van der Waals surface area contributed by atoms with Crippen LogP contribution in [0.3, 0.4) is 0 Å². The van der Waals surface area contributed by atoms with E-state index >= 15 is 0 Å². The van der Waals surface area contributed by atoms with Crippen molar-refractivity contribution in [3.63, 3.8) is 0 Å². The topological polar surface area (TPSA) is 55.1 Å². The molecule has 100 valence electrons. The number of anilines is 1. The third kappa shape index (κ3) is 3.53. The summed E-state index contributed by atoms with van der Waals surface area (Å²) in [6.45, 7) is 1.70. The van der Waals surface area contributed by atoms with Crippen molar-refractivity contribution < 1.29 is 18.0 Å². The van der Waals surface area contributed by atoms with Gasteiger partial charge in [0, 0.05) is 5.69 Å². The lowest BCUT2D eigenvalue weighted by Gasteiger charge is -2.16. The molecule has 0 bridgehead atoms. The van der Waals surface area contributed by atoms with Crippen LogP contribution in [0.2, 0.25) is 5.02 Å². The van der Waals surface area contributed by atoms with Crippen LogP contribution < -0.4 is 11.1 Å². The van der Waals surface area contributed by atoms with Crippen LogP contribution in [0.5, 0.6) is 0 Å². The Morgan fingerprint density at radius 3 is 2.56 bits per heavy atom. The molecule has 0 saturated heterocycles. The molecule has 0 aliphatic carbocycles. The van der Waals surface area contributed by atoms with Crippen LogP contribution in [0.4, 0.5) is 18.9 Å². The van der Waals surface area contributed by atoms with Gasteiger partial charge in [-0.1, -0.05) is 18.5 Å². The molecule has 3 nitrogen and oxygen atoms in total. The van der Waals surface area contributed by atoms with Crippen molar-refractivity contribution in [2.45, 2.75) is 25.6 Å². The summed E-state index contributed by atoms with van der Waals surface area (Å²) in [5.41, 5.74) is 4.30. The highest BCUT2D eigenvalue weighted by Gasteiger charge is 2.33. The number of benzene rings is 1. The van der Waals surface area contributed by atoms with Crippen molar-refractivity contribution in [1.29, 1.82) is 0 Å². The molecule has 1 amide bonds. The van der Waals surface area contributed by atoms with Gasteiger partial charge in [0.15, 0.2) is 0 Å². The maximum absolute atomic E-state index is 12.6. The van der Waals surface area contributed by atoms with Gasteiger partial charge in [-0.3, -0.25) is 4.79 Å². The number of nitrogens with two attached hydrogens (primary N) is 1. The van der Waals surface area contributed by atoms with E-state index in [0.29, 0.717) is 6.42 Å². The average molecular weight is 281 g/mol. The number of alkyl halides is 3. The number of nitrogens with one attached hydrogen (secondary N) is 1. The molecule has 0 radical (unpaired) electrons. The Bertz CT molecular complexity index is 448. The molecular weight excluding hydrogens is 269 g/mol. The van der Waals surface area contributed by atoms with E-state index in [9.17, 15) is 18.0 Å². The van der Waals surface area contributed by atoms with Gasteiger partial charge in [0.25, 0.3) is 0 Å². The summed E-state index contributed by atoms with van der Waals surface area (Å²) < 4.78 is 37.8. The van der Waals surface area contributed by atoms with Crippen molar-refractivity contribution in [2.75, 3.05) is 5.32 Å². The molecule has 1 rings (SSSR count). The molecule has 0 heterocycles. The first-order valence-electron chi connectivity index (χ1n) is 5.18. The highest BCUT2D eigenvalue weighted by atomic mass is 35.5. The molecule has 1 unspecified atom stereocenters. The lowest BCUT2D eigenvalue weighted by atomic mass is 10.1. The molecule has 18 heavy (non-hydrogen) atoms. The van der Waals surface area contributed by atoms with Crippen molar-refractivity contribution in [1.82, 2.24) is 0 Å². The second kappa shape index (κ2) is 5.48. The molecule has 7 heteroatoms. The summed E-state index contributed by atoms with van der Waals surface area (Å²) in [4.78, 5) is 11.0. The summed E-state index contributed by atoms with van der Waals surface area (Å²) >= 11 is 5.47. The van der Waals surface area contributed by atoms with E-state index in [1.54, 1.807) is 6.92 Å². The number of hydrogen-bond donors (Lipinski definition) is 2. The molecule has 0 fully saturated rings. The zero-order chi connectivity index (χ0) is 13.9. The van der Waals surface area contributed by atoms with Gasteiger partial charge in [-0.2, -0.15) is 13.2 Å². The number of rotatable bonds is 4. The molecule has 1 atom stereocenters. The van der Waals surface area contributed by atoms with Gasteiger partial charge >= 0.3 is 6.18 Å². The van der Waals surface area contributed by atoms with Gasteiger partial charge in [0.05, 0.1) is 10.6 Å². The monoisotopic (exact) mass is 280 g/mol. The maximum atomic E-state index is 12.6. The standard InChI is InChI=1S/C11H12ClF3N2O/c1-2-9(10(16)18)17-6-3-4-8(12)7(5-6)11(13,14)15/h3-5,9,17H,2H2,1H3,(H2,16,18). The lowest BCUT2D eigenvalue weighted by molar-refractivity contribution is -0.137. The van der Waals surface area contributed by atoms with E-state index in [0.717, 1.165) is 12.1 Å². The number of hydrogen-bond acceptors (Lipinski definition) is 2. The molecular formula is C11H12ClF3N2O. The van der Waals surface area contributed by atoms with Crippen molar-refractivity contribution >= 4 is 23.2 Å². The van der Waals surface area contributed by atoms with E-state index < -0.39 is 23.7 Å².